The van der Waals surface area contributed by atoms with Crippen molar-refractivity contribution >= 4 is 40.1 Å². The van der Waals surface area contributed by atoms with Crippen LogP contribution in [-0.2, 0) is 22.5 Å². The van der Waals surface area contributed by atoms with Gasteiger partial charge in [0.05, 0.1) is 12.9 Å². The third-order valence-electron chi connectivity index (χ3n) is 8.11. The molecule has 0 radical (unpaired) electrons. The lowest BCUT2D eigenvalue weighted by molar-refractivity contribution is -0.118. The summed E-state index contributed by atoms with van der Waals surface area (Å²) in [5.41, 5.74) is 0.271. The number of carbonyl (C=O) groups is 1. The highest BCUT2D eigenvalue weighted by Gasteiger charge is 2.61. The molecule has 1 amide bonds. The zero-order valence-corrected chi connectivity index (χ0v) is 27.2. The number of aliphatic hydroxyl groups excluding tert-OH is 1. The van der Waals surface area contributed by atoms with Crippen LogP contribution in [0, 0.1) is 5.92 Å². The molecule has 0 aliphatic carbocycles. The summed E-state index contributed by atoms with van der Waals surface area (Å²) < 4.78 is 28.9. The summed E-state index contributed by atoms with van der Waals surface area (Å²) in [4.78, 5) is 36.2. The number of aliphatic hydroxyl groups is 1. The molecule has 2 aromatic rings. The van der Waals surface area contributed by atoms with Crippen LogP contribution < -0.4 is 10.9 Å². The maximum atomic E-state index is 12.8. The lowest BCUT2D eigenvalue weighted by Crippen LogP contribution is -2.65. The zero-order chi connectivity index (χ0) is 29.7. The maximum absolute atomic E-state index is 12.8. The number of nitrogens with one attached hydrogen (secondary N) is 2. The summed E-state index contributed by atoms with van der Waals surface area (Å²) >= 11 is 0. The van der Waals surface area contributed by atoms with Gasteiger partial charge in [0.25, 0.3) is 5.56 Å². The van der Waals surface area contributed by atoms with E-state index in [9.17, 15) is 14.7 Å². The number of carbonyl (C=O) groups excluding carboxylic acids is 1. The van der Waals surface area contributed by atoms with Gasteiger partial charge in [0.1, 0.15) is 18.3 Å². The van der Waals surface area contributed by atoms with E-state index in [1.807, 2.05) is 0 Å². The fourth-order valence-corrected chi connectivity index (χ4v) is 17.0. The number of aromatic nitrogens is 4. The highest BCUT2D eigenvalue weighted by atomic mass is 28.5. The predicted octanol–water partition coefficient (Wildman–Crippen LogP) is 3.93. The fourth-order valence-electron chi connectivity index (χ4n) is 5.80. The number of rotatable bonds is 7. The smallest absolute Gasteiger partial charge is 0.335 e. The molecule has 12 nitrogen and oxygen atoms in total. The van der Waals surface area contributed by atoms with Gasteiger partial charge in [0, 0.05) is 5.92 Å². The lowest BCUT2D eigenvalue weighted by Gasteiger charge is -2.51. The minimum atomic E-state index is -2.97. The second-order valence-electron chi connectivity index (χ2n) is 12.5. The number of nitrogens with zero attached hydrogens (tertiary/aromatic N) is 3. The van der Waals surface area contributed by atoms with Gasteiger partial charge in [-0.15, -0.1) is 0 Å². The Bertz CT molecular complexity index is 1260. The molecule has 2 aromatic heterocycles. The molecule has 2 aliphatic heterocycles. The normalized spacial score (nSPS) is 26.6. The van der Waals surface area contributed by atoms with Crippen molar-refractivity contribution in [2.45, 2.75) is 116 Å². The van der Waals surface area contributed by atoms with Gasteiger partial charge in [-0.2, -0.15) is 4.98 Å². The van der Waals surface area contributed by atoms with Crippen LogP contribution in [0.1, 0.15) is 75.5 Å². The first-order valence-corrected chi connectivity index (χ1v) is 18.2. The molecule has 0 bridgehead atoms. The van der Waals surface area contributed by atoms with Gasteiger partial charge in [0.2, 0.25) is 11.9 Å². The van der Waals surface area contributed by atoms with Crippen LogP contribution in [-0.4, -0.2) is 72.6 Å². The number of aromatic amines is 1. The average molecular weight is 596 g/mol. The largest absolute Gasteiger partial charge is 0.414 e. The van der Waals surface area contributed by atoms with Gasteiger partial charge in [-0.3, -0.25) is 24.5 Å². The van der Waals surface area contributed by atoms with Crippen LogP contribution in [0.3, 0.4) is 0 Å². The number of anilines is 1. The fraction of sp³-hybridized carbons (Fsp3) is 0.769. The Balaban J connectivity index is 1.76. The van der Waals surface area contributed by atoms with Crippen LogP contribution in [0.4, 0.5) is 5.95 Å². The number of imidazole rings is 1. The molecule has 0 unspecified atom stereocenters. The second kappa shape index (κ2) is 11.4. The number of fused-ring (bicyclic) bond motifs is 2. The van der Waals surface area contributed by atoms with Crippen molar-refractivity contribution in [3.05, 3.63) is 16.7 Å². The molecule has 3 N–H and O–H groups in total. The Morgan fingerprint density at radius 3 is 2.20 bits per heavy atom. The van der Waals surface area contributed by atoms with E-state index >= 15 is 0 Å². The first-order chi connectivity index (χ1) is 18.6. The number of H-pyrrole nitrogens is 1. The van der Waals surface area contributed by atoms with E-state index in [0.717, 1.165) is 0 Å². The summed E-state index contributed by atoms with van der Waals surface area (Å²) in [5.74, 6) is -0.596. The molecule has 0 saturated carbocycles. The molecule has 40 heavy (non-hydrogen) atoms. The molecule has 14 heteroatoms. The zero-order valence-electron chi connectivity index (χ0n) is 25.2. The molecule has 4 atom stereocenters. The monoisotopic (exact) mass is 595 g/mol. The third kappa shape index (κ3) is 5.23. The van der Waals surface area contributed by atoms with E-state index < -0.39 is 47.2 Å². The van der Waals surface area contributed by atoms with Crippen molar-refractivity contribution in [1.29, 1.82) is 0 Å². The number of hydrogen-bond acceptors (Lipinski definition) is 9. The van der Waals surface area contributed by atoms with Crippen molar-refractivity contribution in [3.8, 4) is 0 Å². The SMILES string of the molecule is CC(C)C(=O)Nc1nc2c(ncn2[C@@H]2O[C@@H]3CO[Si](C(C)C)(C(C)C)O[Si](C(C)C)(C(C)C)O[C@H]3[C@@H]2O)c(=O)[nH]1. The topological polar surface area (TPSA) is 150 Å². The Kier molecular flexibility index (Phi) is 8.82. The number of amides is 1. The summed E-state index contributed by atoms with van der Waals surface area (Å²) in [5, 5.41) is 14.3. The molecule has 0 spiro atoms. The minimum absolute atomic E-state index is 0.000117. The molecule has 4 heterocycles. The van der Waals surface area contributed by atoms with Crippen molar-refractivity contribution in [3.63, 3.8) is 0 Å². The van der Waals surface area contributed by atoms with Crippen LogP contribution in [0.2, 0.25) is 22.2 Å². The summed E-state index contributed by atoms with van der Waals surface area (Å²) in [6, 6.07) is 0. The highest BCUT2D eigenvalue weighted by molar-refractivity contribution is 6.84. The van der Waals surface area contributed by atoms with Gasteiger partial charge in [0.15, 0.2) is 17.4 Å². The standard InChI is InChI=1S/C26H45N5O7Si2/c1-13(2)23(33)29-26-28-22-19(24(34)30-26)27-12-31(22)25-20(32)21-18(36-25)11-35-39(14(3)4,15(5)6)38-40(37-21,16(7)8)17(9)10/h12-18,20-21,25,32H,11H2,1-10H3,(H2,28,29,30,33,34)/t18-,20+,21-,25-/m1/s1. The Morgan fingerprint density at radius 2 is 1.65 bits per heavy atom. The Hall–Kier alpha value is -1.95. The van der Waals surface area contributed by atoms with E-state index in [4.69, 9.17) is 17.7 Å². The average Bonchev–Trinajstić information content (AvgIpc) is 3.39. The van der Waals surface area contributed by atoms with Gasteiger partial charge in [-0.1, -0.05) is 69.2 Å². The first-order valence-electron chi connectivity index (χ1n) is 14.3. The van der Waals surface area contributed by atoms with Gasteiger partial charge in [-0.05, 0) is 22.2 Å². The summed E-state index contributed by atoms with van der Waals surface area (Å²) in [7, 11) is -5.75. The molecule has 0 aromatic carbocycles. The van der Waals surface area contributed by atoms with Crippen molar-refractivity contribution in [2.75, 3.05) is 11.9 Å². The van der Waals surface area contributed by atoms with Crippen LogP contribution >= 0.6 is 0 Å². The summed E-state index contributed by atoms with van der Waals surface area (Å²) in [6.07, 6.45) is -1.92. The Labute approximate surface area is 237 Å². The van der Waals surface area contributed by atoms with Crippen molar-refractivity contribution < 1.29 is 27.6 Å². The maximum Gasteiger partial charge on any atom is 0.335 e. The van der Waals surface area contributed by atoms with Crippen LogP contribution in [0.5, 0.6) is 0 Å². The van der Waals surface area contributed by atoms with Crippen molar-refractivity contribution in [2.24, 2.45) is 5.92 Å². The van der Waals surface area contributed by atoms with Crippen molar-refractivity contribution in [1.82, 2.24) is 19.5 Å². The quantitative estimate of drug-likeness (QED) is 0.405. The van der Waals surface area contributed by atoms with Gasteiger partial charge < -0.3 is 22.8 Å². The Morgan fingerprint density at radius 1 is 1.05 bits per heavy atom. The third-order valence-corrected chi connectivity index (χ3v) is 18.4. The lowest BCUT2D eigenvalue weighted by atomic mass is 10.1. The molecule has 2 saturated heterocycles. The predicted molar refractivity (Wildman–Crippen MR) is 155 cm³/mol. The molecule has 2 aliphatic rings. The molecule has 4 rings (SSSR count). The van der Waals surface area contributed by atoms with Gasteiger partial charge >= 0.3 is 17.1 Å². The molecular weight excluding hydrogens is 550 g/mol. The molecular formula is C26H45N5O7Si2. The van der Waals surface area contributed by atoms with E-state index in [0.29, 0.717) is 0 Å². The number of ether oxygens (including phenoxy) is 1. The molecule has 224 valence electrons. The second-order valence-corrected chi connectivity index (χ2v) is 21.3. The molecule has 2 fully saturated rings. The number of hydrogen-bond donors (Lipinski definition) is 3. The van der Waals surface area contributed by atoms with E-state index in [1.165, 1.54) is 10.9 Å². The highest BCUT2D eigenvalue weighted by Crippen LogP contribution is 2.48. The minimum Gasteiger partial charge on any atom is -0.414 e. The van der Waals surface area contributed by atoms with E-state index in [1.54, 1.807) is 13.8 Å². The van der Waals surface area contributed by atoms with Crippen LogP contribution in [0.15, 0.2) is 11.1 Å². The van der Waals surface area contributed by atoms with E-state index in [-0.39, 0.29) is 57.7 Å². The summed E-state index contributed by atoms with van der Waals surface area (Å²) in [6.45, 7) is 20.8. The van der Waals surface area contributed by atoms with E-state index in [2.05, 4.69) is 75.7 Å². The van der Waals surface area contributed by atoms with Gasteiger partial charge in [-0.25, -0.2) is 4.98 Å². The first kappa shape index (κ1) is 31.0. The van der Waals surface area contributed by atoms with Crippen LogP contribution in [0.25, 0.3) is 11.2 Å².